The van der Waals surface area contributed by atoms with Gasteiger partial charge in [-0.05, 0) is 149 Å². The standard InChI is InChI=1S/C42H58O5/c1-25-14-18-39(2)26(22-25)6-8-29-31-10-12-35(41(31,4)20-16-33(29)39)46-37(44)24-38(45)47-36-13-11-32-30-9-7-27-23-28(43)15-19-40(27,3)34(30)17-21-42(32,36)5/h22-23,29-36H,1,6-21,24H2,2-5H3. The predicted molar refractivity (Wildman–Crippen MR) is 182 cm³/mol. The SMILES string of the molecule is C=C1C=C2CCC3C(CCC4(C)C(OC(=O)CC(=O)OC5CCC6C7CCC8=CC(=O)CCC8(C)C7CCC56C)CCC34)C2(C)CC1. The second-order valence-corrected chi connectivity index (χ2v) is 18.5. The zero-order valence-electron chi connectivity index (χ0n) is 29.5. The van der Waals surface area contributed by atoms with E-state index in [-0.39, 0.29) is 34.9 Å². The van der Waals surface area contributed by atoms with Crippen molar-refractivity contribution in [2.75, 3.05) is 0 Å². The van der Waals surface area contributed by atoms with Gasteiger partial charge in [0.05, 0.1) is 0 Å². The van der Waals surface area contributed by atoms with Crippen molar-refractivity contribution >= 4 is 17.7 Å². The summed E-state index contributed by atoms with van der Waals surface area (Å²) in [5.74, 6) is 3.26. The van der Waals surface area contributed by atoms with Crippen LogP contribution in [0.4, 0.5) is 0 Å². The summed E-state index contributed by atoms with van der Waals surface area (Å²) in [5.41, 5.74) is 4.73. The second kappa shape index (κ2) is 11.2. The maximum absolute atomic E-state index is 13.3. The van der Waals surface area contributed by atoms with E-state index in [1.54, 1.807) is 5.57 Å². The number of hydrogen-bond acceptors (Lipinski definition) is 5. The molecule has 0 bridgehead atoms. The van der Waals surface area contributed by atoms with Gasteiger partial charge >= 0.3 is 11.9 Å². The highest BCUT2D eigenvalue weighted by Gasteiger charge is 2.61. The van der Waals surface area contributed by atoms with E-state index < -0.39 is 11.9 Å². The maximum Gasteiger partial charge on any atom is 0.317 e. The summed E-state index contributed by atoms with van der Waals surface area (Å²) < 4.78 is 12.4. The van der Waals surface area contributed by atoms with E-state index >= 15 is 0 Å². The van der Waals surface area contributed by atoms with Gasteiger partial charge in [-0.15, -0.1) is 0 Å². The Labute approximate surface area is 282 Å². The maximum atomic E-state index is 13.3. The minimum atomic E-state index is -0.405. The monoisotopic (exact) mass is 642 g/mol. The van der Waals surface area contributed by atoms with Crippen LogP contribution in [0.3, 0.4) is 0 Å². The molecule has 12 unspecified atom stereocenters. The highest BCUT2D eigenvalue weighted by molar-refractivity contribution is 5.92. The van der Waals surface area contributed by atoms with Crippen LogP contribution in [-0.2, 0) is 23.9 Å². The lowest BCUT2D eigenvalue weighted by Crippen LogP contribution is -2.51. The molecule has 8 rings (SSSR count). The Bertz CT molecular complexity index is 1330. The first kappa shape index (κ1) is 32.1. The van der Waals surface area contributed by atoms with E-state index in [2.05, 4.69) is 40.3 Å². The first-order chi connectivity index (χ1) is 22.3. The van der Waals surface area contributed by atoms with Gasteiger partial charge in [-0.25, -0.2) is 0 Å². The van der Waals surface area contributed by atoms with E-state index in [4.69, 9.17) is 9.47 Å². The Morgan fingerprint density at radius 3 is 1.66 bits per heavy atom. The molecule has 6 fully saturated rings. The van der Waals surface area contributed by atoms with E-state index in [9.17, 15) is 14.4 Å². The molecule has 0 heterocycles. The van der Waals surface area contributed by atoms with Crippen LogP contribution in [0.2, 0.25) is 0 Å². The molecule has 0 aliphatic heterocycles. The van der Waals surface area contributed by atoms with Gasteiger partial charge in [0, 0.05) is 17.3 Å². The van der Waals surface area contributed by atoms with Gasteiger partial charge < -0.3 is 9.47 Å². The topological polar surface area (TPSA) is 69.7 Å². The quantitative estimate of drug-likeness (QED) is 0.226. The Balaban J connectivity index is 0.880. The number of carbonyl (C=O) groups excluding carboxylic acids is 3. The van der Waals surface area contributed by atoms with Crippen molar-refractivity contribution < 1.29 is 23.9 Å². The summed E-state index contributed by atoms with van der Waals surface area (Å²) in [6.07, 6.45) is 21.0. The van der Waals surface area contributed by atoms with Crippen LogP contribution < -0.4 is 0 Å². The molecule has 0 amide bonds. The van der Waals surface area contributed by atoms with E-state index in [0.29, 0.717) is 53.1 Å². The zero-order valence-corrected chi connectivity index (χ0v) is 29.5. The van der Waals surface area contributed by atoms with Gasteiger partial charge in [0.25, 0.3) is 0 Å². The van der Waals surface area contributed by atoms with Crippen molar-refractivity contribution in [2.24, 2.45) is 57.2 Å². The molecule has 5 heteroatoms. The van der Waals surface area contributed by atoms with Gasteiger partial charge in [-0.1, -0.05) is 57.1 Å². The van der Waals surface area contributed by atoms with Crippen LogP contribution in [0, 0.1) is 57.2 Å². The lowest BCUT2D eigenvalue weighted by atomic mass is 9.47. The minimum Gasteiger partial charge on any atom is -0.461 e. The largest absolute Gasteiger partial charge is 0.461 e. The molecule has 0 aromatic carbocycles. The van der Waals surface area contributed by atoms with Gasteiger partial charge in [0.1, 0.15) is 18.6 Å². The van der Waals surface area contributed by atoms with E-state index in [0.717, 1.165) is 70.6 Å². The summed E-state index contributed by atoms with van der Waals surface area (Å²) in [6, 6.07) is 0. The van der Waals surface area contributed by atoms with Crippen molar-refractivity contribution in [1.82, 2.24) is 0 Å². The summed E-state index contributed by atoms with van der Waals surface area (Å²) in [4.78, 5) is 38.8. The fourth-order valence-electron chi connectivity index (χ4n) is 14.0. The van der Waals surface area contributed by atoms with Gasteiger partial charge in [0.2, 0.25) is 0 Å². The molecule has 0 spiro atoms. The van der Waals surface area contributed by atoms with Crippen LogP contribution in [0.1, 0.15) is 137 Å². The number of ether oxygens (including phenoxy) is 2. The lowest BCUT2D eigenvalue weighted by Gasteiger charge is -2.58. The Hall–Kier alpha value is -2.17. The molecule has 0 saturated heterocycles. The van der Waals surface area contributed by atoms with Crippen molar-refractivity contribution in [2.45, 2.75) is 149 Å². The molecule has 0 N–H and O–H groups in total. The van der Waals surface area contributed by atoms with Crippen LogP contribution in [0.15, 0.2) is 35.5 Å². The summed E-state index contributed by atoms with van der Waals surface area (Å²) >= 11 is 0. The second-order valence-electron chi connectivity index (χ2n) is 18.5. The van der Waals surface area contributed by atoms with E-state index in [1.165, 1.54) is 36.8 Å². The third kappa shape index (κ3) is 4.84. The Morgan fingerprint density at radius 2 is 1.13 bits per heavy atom. The first-order valence-corrected chi connectivity index (χ1v) is 19.4. The molecule has 6 saturated carbocycles. The van der Waals surface area contributed by atoms with Crippen LogP contribution in [0.5, 0.6) is 0 Å². The first-order valence-electron chi connectivity index (χ1n) is 19.4. The number of rotatable bonds is 4. The van der Waals surface area contributed by atoms with Crippen molar-refractivity contribution in [3.63, 3.8) is 0 Å². The molecule has 8 aliphatic rings. The molecule has 256 valence electrons. The highest BCUT2D eigenvalue weighted by atomic mass is 16.6. The van der Waals surface area contributed by atoms with Gasteiger partial charge in [0.15, 0.2) is 5.78 Å². The zero-order chi connectivity index (χ0) is 32.9. The molecule has 8 aliphatic carbocycles. The number of hydrogen-bond donors (Lipinski definition) is 0. The summed E-state index contributed by atoms with van der Waals surface area (Å²) in [5, 5.41) is 0. The normalized spacial score (nSPS) is 48.4. The number of fused-ring (bicyclic) bond motifs is 10. The summed E-state index contributed by atoms with van der Waals surface area (Å²) in [7, 11) is 0. The van der Waals surface area contributed by atoms with Crippen LogP contribution in [-0.4, -0.2) is 29.9 Å². The number of esters is 2. The molecular weight excluding hydrogens is 584 g/mol. The summed E-state index contributed by atoms with van der Waals surface area (Å²) in [6.45, 7) is 13.9. The lowest BCUT2D eigenvalue weighted by molar-refractivity contribution is -0.171. The molecule has 0 radical (unpaired) electrons. The minimum absolute atomic E-state index is 0.00132. The Morgan fingerprint density at radius 1 is 0.638 bits per heavy atom. The van der Waals surface area contributed by atoms with Crippen LogP contribution in [0.25, 0.3) is 0 Å². The van der Waals surface area contributed by atoms with Crippen LogP contribution >= 0.6 is 0 Å². The van der Waals surface area contributed by atoms with Crippen molar-refractivity contribution in [3.8, 4) is 0 Å². The molecule has 0 aromatic rings. The van der Waals surface area contributed by atoms with Gasteiger partial charge in [-0.3, -0.25) is 14.4 Å². The van der Waals surface area contributed by atoms with Gasteiger partial charge in [-0.2, -0.15) is 0 Å². The number of carbonyl (C=O) groups is 3. The third-order valence-corrected chi connectivity index (χ3v) is 16.7. The number of allylic oxidation sites excluding steroid dienone is 4. The fourth-order valence-corrected chi connectivity index (χ4v) is 14.0. The average molecular weight is 643 g/mol. The average Bonchev–Trinajstić information content (AvgIpc) is 3.53. The van der Waals surface area contributed by atoms with Crippen molar-refractivity contribution in [1.29, 1.82) is 0 Å². The van der Waals surface area contributed by atoms with Crippen molar-refractivity contribution in [3.05, 3.63) is 35.5 Å². The molecular formula is C42H58O5. The molecule has 12 atom stereocenters. The smallest absolute Gasteiger partial charge is 0.317 e. The van der Waals surface area contributed by atoms with E-state index in [1.807, 2.05) is 6.08 Å². The molecule has 0 aromatic heterocycles. The predicted octanol–water partition coefficient (Wildman–Crippen LogP) is 9.25. The molecule has 47 heavy (non-hydrogen) atoms. The number of ketones is 1. The highest BCUT2D eigenvalue weighted by Crippen LogP contribution is 2.67. The Kier molecular flexibility index (Phi) is 7.62. The fraction of sp³-hybridized carbons (Fsp3) is 0.786. The molecule has 5 nitrogen and oxygen atoms in total. The third-order valence-electron chi connectivity index (χ3n) is 16.7.